The van der Waals surface area contributed by atoms with E-state index >= 15 is 0 Å². The van der Waals surface area contributed by atoms with E-state index in [9.17, 15) is 18.3 Å². The number of aliphatic hydroxyl groups excluding tert-OH is 1. The molecule has 0 spiro atoms. The van der Waals surface area contributed by atoms with Crippen molar-refractivity contribution in [3.8, 4) is 0 Å². The summed E-state index contributed by atoms with van der Waals surface area (Å²) in [5, 5.41) is 9.93. The van der Waals surface area contributed by atoms with Crippen molar-refractivity contribution in [3.05, 3.63) is 34.3 Å². The summed E-state index contributed by atoms with van der Waals surface area (Å²) in [6, 6.07) is 2.23. The van der Waals surface area contributed by atoms with Gasteiger partial charge in [0.2, 0.25) is 0 Å². The predicted octanol–water partition coefficient (Wildman–Crippen LogP) is 4.19. The average molecular weight is 332 g/mol. The monoisotopic (exact) mass is 331 g/mol. The molecule has 1 aromatic rings. The van der Waals surface area contributed by atoms with E-state index in [0.29, 0.717) is 6.42 Å². The lowest BCUT2D eigenvalue weighted by atomic mass is 9.91. The van der Waals surface area contributed by atoms with Crippen LogP contribution in [0.3, 0.4) is 0 Å². The van der Waals surface area contributed by atoms with Gasteiger partial charge in [0.15, 0.2) is 0 Å². The van der Waals surface area contributed by atoms with Crippen molar-refractivity contribution in [2.24, 2.45) is 11.7 Å². The molecule has 2 nitrogen and oxygen atoms in total. The van der Waals surface area contributed by atoms with Crippen LogP contribution in [0.4, 0.5) is 13.2 Å². The summed E-state index contributed by atoms with van der Waals surface area (Å²) in [6.45, 7) is 3.67. The van der Waals surface area contributed by atoms with E-state index in [1.807, 2.05) is 6.92 Å². The zero-order chi connectivity index (χ0) is 14.8. The number of hydrogen-bond donors (Lipinski definition) is 2. The molecule has 7 heteroatoms. The fourth-order valence-electron chi connectivity index (χ4n) is 1.76. The third-order valence-electron chi connectivity index (χ3n) is 3.23. The fourth-order valence-corrected chi connectivity index (χ4v) is 2.00. The highest BCUT2D eigenvalue weighted by molar-refractivity contribution is 6.30. The van der Waals surface area contributed by atoms with Gasteiger partial charge in [0, 0.05) is 5.02 Å². The van der Waals surface area contributed by atoms with E-state index in [1.54, 1.807) is 6.92 Å². The minimum atomic E-state index is -4.49. The van der Waals surface area contributed by atoms with Gasteiger partial charge in [-0.05, 0) is 29.7 Å². The lowest BCUT2D eigenvalue weighted by Gasteiger charge is -2.25. The second-order valence-corrected chi connectivity index (χ2v) is 5.11. The third kappa shape index (κ3) is 4.81. The maximum atomic E-state index is 12.7. The molecule has 1 rings (SSSR count). The first-order chi connectivity index (χ1) is 8.66. The molecule has 0 bridgehead atoms. The van der Waals surface area contributed by atoms with Crippen LogP contribution in [0.25, 0.3) is 0 Å². The van der Waals surface area contributed by atoms with Crippen LogP contribution in [0, 0.1) is 5.92 Å². The highest BCUT2D eigenvalue weighted by Gasteiger charge is 2.32. The van der Waals surface area contributed by atoms with Crippen LogP contribution in [0.15, 0.2) is 18.2 Å². The van der Waals surface area contributed by atoms with E-state index in [2.05, 4.69) is 0 Å². The Morgan fingerprint density at radius 1 is 1.30 bits per heavy atom. The zero-order valence-electron chi connectivity index (χ0n) is 11.1. The van der Waals surface area contributed by atoms with Crippen molar-refractivity contribution in [1.29, 1.82) is 0 Å². The molecule has 0 aliphatic heterocycles. The lowest BCUT2D eigenvalue weighted by molar-refractivity contribution is -0.137. The summed E-state index contributed by atoms with van der Waals surface area (Å²) in [4.78, 5) is 0. The van der Waals surface area contributed by atoms with E-state index in [0.717, 1.165) is 12.1 Å². The van der Waals surface area contributed by atoms with Crippen molar-refractivity contribution >= 4 is 24.0 Å². The van der Waals surface area contributed by atoms with Gasteiger partial charge >= 0.3 is 6.18 Å². The van der Waals surface area contributed by atoms with Crippen molar-refractivity contribution in [2.75, 3.05) is 0 Å². The number of halogens is 5. The van der Waals surface area contributed by atoms with Crippen LogP contribution in [0.2, 0.25) is 5.02 Å². The standard InChI is InChI=1S/C13H17ClF3NO.ClH/c1-3-7(2)12(19)11(18)8-4-9(13(15,16)17)6-10(14)5-8;/h4-7,11-12,19H,3,18H2,1-2H3;1H/t7?,11-,12+;/m1./s1. The molecule has 0 aliphatic rings. The van der Waals surface area contributed by atoms with Gasteiger partial charge in [-0.1, -0.05) is 31.9 Å². The molecule has 0 amide bonds. The van der Waals surface area contributed by atoms with E-state index in [1.165, 1.54) is 6.07 Å². The maximum Gasteiger partial charge on any atom is 0.416 e. The molecular formula is C13H18Cl2F3NO. The number of aliphatic hydroxyl groups is 1. The summed E-state index contributed by atoms with van der Waals surface area (Å²) in [5.41, 5.74) is 5.15. The van der Waals surface area contributed by atoms with Gasteiger partial charge in [0.25, 0.3) is 0 Å². The Bertz CT molecular complexity index is 440. The molecule has 1 aromatic carbocycles. The molecule has 0 fully saturated rings. The smallest absolute Gasteiger partial charge is 0.391 e. The Labute approximate surface area is 127 Å². The van der Waals surface area contributed by atoms with Gasteiger partial charge in [-0.15, -0.1) is 12.4 Å². The molecule has 3 N–H and O–H groups in total. The van der Waals surface area contributed by atoms with Crippen LogP contribution in [-0.4, -0.2) is 11.2 Å². The Morgan fingerprint density at radius 2 is 1.85 bits per heavy atom. The van der Waals surface area contributed by atoms with Crippen molar-refractivity contribution in [1.82, 2.24) is 0 Å². The van der Waals surface area contributed by atoms with E-state index < -0.39 is 23.9 Å². The highest BCUT2D eigenvalue weighted by Crippen LogP contribution is 2.34. The molecule has 3 atom stereocenters. The fraction of sp³-hybridized carbons (Fsp3) is 0.538. The SMILES string of the molecule is CCC(C)[C@H](O)[C@H](N)c1cc(Cl)cc(C(F)(F)F)c1.Cl. The largest absolute Gasteiger partial charge is 0.416 e. The molecule has 0 saturated carbocycles. The Morgan fingerprint density at radius 3 is 2.30 bits per heavy atom. The number of rotatable bonds is 4. The highest BCUT2D eigenvalue weighted by atomic mass is 35.5. The summed E-state index contributed by atoms with van der Waals surface area (Å²) < 4.78 is 38.0. The molecule has 0 aromatic heterocycles. The molecular weight excluding hydrogens is 314 g/mol. The molecule has 116 valence electrons. The first kappa shape index (κ1) is 19.5. The van der Waals surface area contributed by atoms with Crippen LogP contribution in [0.1, 0.15) is 37.4 Å². The van der Waals surface area contributed by atoms with Crippen LogP contribution in [-0.2, 0) is 6.18 Å². The quantitative estimate of drug-likeness (QED) is 0.869. The Balaban J connectivity index is 0.00000361. The molecule has 0 radical (unpaired) electrons. The van der Waals surface area contributed by atoms with Crippen LogP contribution < -0.4 is 5.73 Å². The summed E-state index contributed by atoms with van der Waals surface area (Å²) in [7, 11) is 0. The zero-order valence-corrected chi connectivity index (χ0v) is 12.7. The Hall–Kier alpha value is -0.490. The summed E-state index contributed by atoms with van der Waals surface area (Å²) >= 11 is 5.68. The molecule has 0 aliphatic carbocycles. The second-order valence-electron chi connectivity index (χ2n) is 4.67. The van der Waals surface area contributed by atoms with Crippen molar-refractivity contribution < 1.29 is 18.3 Å². The first-order valence-corrected chi connectivity index (χ1v) is 6.36. The lowest BCUT2D eigenvalue weighted by Crippen LogP contribution is -2.31. The van der Waals surface area contributed by atoms with E-state index in [-0.39, 0.29) is 28.9 Å². The first-order valence-electron chi connectivity index (χ1n) is 5.98. The van der Waals surface area contributed by atoms with Crippen molar-refractivity contribution in [3.63, 3.8) is 0 Å². The number of alkyl halides is 3. The van der Waals surface area contributed by atoms with Crippen LogP contribution in [0.5, 0.6) is 0 Å². The molecule has 1 unspecified atom stereocenters. The average Bonchev–Trinajstić information content (AvgIpc) is 2.34. The van der Waals surface area contributed by atoms with Gasteiger partial charge in [-0.2, -0.15) is 13.2 Å². The third-order valence-corrected chi connectivity index (χ3v) is 3.45. The van der Waals surface area contributed by atoms with Gasteiger partial charge < -0.3 is 10.8 Å². The maximum absolute atomic E-state index is 12.7. The van der Waals surface area contributed by atoms with Gasteiger partial charge in [0.05, 0.1) is 17.7 Å². The Kier molecular flexibility index (Phi) is 7.32. The molecule has 0 saturated heterocycles. The van der Waals surface area contributed by atoms with E-state index in [4.69, 9.17) is 17.3 Å². The minimum absolute atomic E-state index is 0. The second kappa shape index (κ2) is 7.50. The number of benzene rings is 1. The predicted molar refractivity (Wildman–Crippen MR) is 76.1 cm³/mol. The van der Waals surface area contributed by atoms with Gasteiger partial charge in [0.1, 0.15) is 0 Å². The molecule has 0 heterocycles. The number of nitrogens with two attached hydrogens (primary N) is 1. The minimum Gasteiger partial charge on any atom is -0.391 e. The summed E-state index contributed by atoms with van der Waals surface area (Å²) in [6.07, 6.45) is -4.72. The normalized spacial score (nSPS) is 16.2. The van der Waals surface area contributed by atoms with Gasteiger partial charge in [-0.25, -0.2) is 0 Å². The topological polar surface area (TPSA) is 46.2 Å². The van der Waals surface area contributed by atoms with Crippen molar-refractivity contribution in [2.45, 2.75) is 38.6 Å². The summed E-state index contributed by atoms with van der Waals surface area (Å²) in [5.74, 6) is -0.108. The van der Waals surface area contributed by atoms with Crippen LogP contribution >= 0.6 is 24.0 Å². The van der Waals surface area contributed by atoms with Gasteiger partial charge in [-0.3, -0.25) is 0 Å². The molecule has 20 heavy (non-hydrogen) atoms. The number of hydrogen-bond acceptors (Lipinski definition) is 2.